The third-order valence-electron chi connectivity index (χ3n) is 3.58. The van der Waals surface area contributed by atoms with E-state index in [0.717, 1.165) is 40.7 Å². The number of rotatable bonds is 5. The van der Waals surface area contributed by atoms with E-state index < -0.39 is 0 Å². The third-order valence-corrected chi connectivity index (χ3v) is 3.58. The lowest BCUT2D eigenvalue weighted by atomic mass is 10.1. The van der Waals surface area contributed by atoms with Crippen molar-refractivity contribution >= 4 is 24.1 Å². The lowest BCUT2D eigenvalue weighted by Crippen LogP contribution is -2.01. The summed E-state index contributed by atoms with van der Waals surface area (Å²) in [7, 11) is 1.50. The maximum atomic E-state index is 8.00. The van der Waals surface area contributed by atoms with Crippen molar-refractivity contribution in [3.05, 3.63) is 54.4 Å². The molecule has 8 heteroatoms. The highest BCUT2D eigenvalue weighted by Gasteiger charge is 2.06. The molecule has 3 aromatic rings. The van der Waals surface area contributed by atoms with Crippen LogP contribution >= 0.6 is 0 Å². The molecule has 0 bridgehead atoms. The van der Waals surface area contributed by atoms with Crippen LogP contribution in [-0.4, -0.2) is 40.3 Å². The molecule has 0 aliphatic carbocycles. The molecule has 8 nitrogen and oxygen atoms in total. The summed E-state index contributed by atoms with van der Waals surface area (Å²) in [6.45, 7) is 8.79. The first-order chi connectivity index (χ1) is 13.7. The van der Waals surface area contributed by atoms with Crippen molar-refractivity contribution in [1.29, 1.82) is 0 Å². The first kappa shape index (κ1) is 22.7. The molecule has 148 valence electrons. The monoisotopic (exact) mass is 381 g/mol. The average Bonchev–Trinajstić information content (AvgIpc) is 2.73. The fraction of sp³-hybridized carbons (Fsp3) is 0.250. The Morgan fingerprint density at radius 3 is 2.36 bits per heavy atom. The van der Waals surface area contributed by atoms with Crippen molar-refractivity contribution in [3.63, 3.8) is 0 Å². The summed E-state index contributed by atoms with van der Waals surface area (Å²) < 4.78 is 0. The molecule has 0 spiro atoms. The van der Waals surface area contributed by atoms with Crippen LogP contribution in [0.5, 0.6) is 0 Å². The number of anilines is 3. The van der Waals surface area contributed by atoms with Crippen molar-refractivity contribution in [2.45, 2.75) is 20.8 Å². The van der Waals surface area contributed by atoms with Gasteiger partial charge in [-0.05, 0) is 57.6 Å². The van der Waals surface area contributed by atoms with E-state index >= 15 is 0 Å². The number of aromatic nitrogens is 4. The summed E-state index contributed by atoms with van der Waals surface area (Å²) in [4.78, 5) is 25.3. The Morgan fingerprint density at radius 2 is 1.68 bits per heavy atom. The van der Waals surface area contributed by atoms with E-state index in [0.29, 0.717) is 5.82 Å². The quantitative estimate of drug-likeness (QED) is 0.617. The first-order valence-corrected chi connectivity index (χ1v) is 8.76. The maximum Gasteiger partial charge on any atom is 0.135 e. The molecule has 3 heterocycles. The van der Waals surface area contributed by atoms with Gasteiger partial charge in [0, 0.05) is 30.7 Å². The molecule has 0 saturated heterocycles. The Hall–Kier alpha value is -3.39. The van der Waals surface area contributed by atoms with Gasteiger partial charge in [0.05, 0.1) is 11.4 Å². The van der Waals surface area contributed by atoms with Crippen LogP contribution in [0.1, 0.15) is 18.4 Å². The van der Waals surface area contributed by atoms with Gasteiger partial charge in [0.1, 0.15) is 24.2 Å². The van der Waals surface area contributed by atoms with Gasteiger partial charge < -0.3 is 21.2 Å². The molecule has 0 amide bonds. The minimum atomic E-state index is 0.717. The zero-order chi connectivity index (χ0) is 20.9. The van der Waals surface area contributed by atoms with E-state index in [1.165, 1.54) is 7.05 Å². The molecule has 0 aliphatic rings. The van der Waals surface area contributed by atoms with Gasteiger partial charge in [-0.2, -0.15) is 0 Å². The number of carbonyl (C=O) groups excluding carboxylic acids is 1. The molecule has 0 atom stereocenters. The second kappa shape index (κ2) is 12.1. The van der Waals surface area contributed by atoms with Crippen molar-refractivity contribution < 1.29 is 4.79 Å². The Labute approximate surface area is 165 Å². The molecule has 0 aliphatic heterocycles. The largest absolute Gasteiger partial charge is 0.384 e. The Bertz CT molecular complexity index is 871. The summed E-state index contributed by atoms with van der Waals surface area (Å²) >= 11 is 0. The summed E-state index contributed by atoms with van der Waals surface area (Å²) in [5, 5.41) is 6.54. The number of nitrogens with zero attached hydrogens (tertiary/aromatic N) is 4. The van der Waals surface area contributed by atoms with Crippen LogP contribution in [0.25, 0.3) is 11.1 Å². The maximum absolute atomic E-state index is 8.00. The van der Waals surface area contributed by atoms with Crippen LogP contribution in [0.3, 0.4) is 0 Å². The molecule has 0 saturated carbocycles. The molecule has 3 rings (SSSR count). The number of nitrogens with one attached hydrogen (secondary N) is 2. The van der Waals surface area contributed by atoms with E-state index in [2.05, 4.69) is 49.3 Å². The van der Waals surface area contributed by atoms with Crippen LogP contribution in [0.4, 0.5) is 17.3 Å². The lowest BCUT2D eigenvalue weighted by molar-refractivity contribution is -0.0979. The molecular weight excluding hydrogens is 354 g/mol. The molecule has 4 N–H and O–H groups in total. The minimum Gasteiger partial charge on any atom is -0.384 e. The van der Waals surface area contributed by atoms with Crippen LogP contribution in [0.15, 0.2) is 42.9 Å². The summed E-state index contributed by atoms with van der Waals surface area (Å²) in [5.74, 6) is 2.17. The molecule has 3 aromatic heterocycles. The number of carbonyl (C=O) groups is 1. The molecular formula is C20H27N7O. The van der Waals surface area contributed by atoms with Gasteiger partial charge >= 0.3 is 0 Å². The highest BCUT2D eigenvalue weighted by molar-refractivity contribution is 5.71. The molecule has 28 heavy (non-hydrogen) atoms. The van der Waals surface area contributed by atoms with Crippen molar-refractivity contribution in [2.75, 3.05) is 24.2 Å². The summed E-state index contributed by atoms with van der Waals surface area (Å²) in [6.07, 6.45) is 5.38. The predicted molar refractivity (Wildman–Crippen MR) is 114 cm³/mol. The lowest BCUT2D eigenvalue weighted by Gasteiger charge is -2.10. The van der Waals surface area contributed by atoms with E-state index in [1.807, 2.05) is 45.0 Å². The predicted octanol–water partition coefficient (Wildman–Crippen LogP) is 3.12. The van der Waals surface area contributed by atoms with Crippen LogP contribution in [0.2, 0.25) is 0 Å². The standard InChI is InChI=1S/C18H20N6.CH5N.CH2O/c1-4-19-16-9-15(11-22-12(16)2)14-5-7-21-18(10-14)24-17-6-8-20-13(3)23-17;2*1-2/h5-11,19H,4H2,1-3H3,(H,20,21,23,24);2H2,1H3;1H2. The molecule has 0 radical (unpaired) electrons. The topological polar surface area (TPSA) is 119 Å². The van der Waals surface area contributed by atoms with Gasteiger partial charge in [-0.3, -0.25) is 4.98 Å². The van der Waals surface area contributed by atoms with Gasteiger partial charge in [-0.25, -0.2) is 15.0 Å². The number of nitrogens with two attached hydrogens (primary N) is 1. The highest BCUT2D eigenvalue weighted by atomic mass is 16.1. The van der Waals surface area contributed by atoms with Gasteiger partial charge in [0.25, 0.3) is 0 Å². The third kappa shape index (κ3) is 6.40. The average molecular weight is 381 g/mol. The Balaban J connectivity index is 0.000000921. The zero-order valence-corrected chi connectivity index (χ0v) is 16.7. The van der Waals surface area contributed by atoms with E-state index in [9.17, 15) is 0 Å². The molecule has 0 aromatic carbocycles. The van der Waals surface area contributed by atoms with Gasteiger partial charge in [-0.1, -0.05) is 0 Å². The van der Waals surface area contributed by atoms with Crippen molar-refractivity contribution in [2.24, 2.45) is 5.73 Å². The van der Waals surface area contributed by atoms with Gasteiger partial charge in [0.2, 0.25) is 0 Å². The van der Waals surface area contributed by atoms with Crippen LogP contribution < -0.4 is 16.4 Å². The number of hydrogen-bond acceptors (Lipinski definition) is 8. The molecule has 0 unspecified atom stereocenters. The van der Waals surface area contributed by atoms with Crippen LogP contribution in [0, 0.1) is 13.8 Å². The second-order valence-corrected chi connectivity index (χ2v) is 5.43. The van der Waals surface area contributed by atoms with Gasteiger partial charge in [-0.15, -0.1) is 0 Å². The summed E-state index contributed by atoms with van der Waals surface area (Å²) in [5.41, 5.74) is 8.63. The second-order valence-electron chi connectivity index (χ2n) is 5.43. The van der Waals surface area contributed by atoms with E-state index in [-0.39, 0.29) is 0 Å². The fourth-order valence-electron chi connectivity index (χ4n) is 2.40. The van der Waals surface area contributed by atoms with Gasteiger partial charge in [0.15, 0.2) is 0 Å². The fourth-order valence-corrected chi connectivity index (χ4v) is 2.40. The Kier molecular flexibility index (Phi) is 9.77. The Morgan fingerprint density at radius 1 is 0.964 bits per heavy atom. The smallest absolute Gasteiger partial charge is 0.135 e. The van der Waals surface area contributed by atoms with Crippen molar-refractivity contribution in [1.82, 2.24) is 19.9 Å². The SMILES string of the molecule is C=O.CCNc1cc(-c2ccnc(Nc3ccnc(C)n3)c2)cnc1C.CN. The summed E-state index contributed by atoms with van der Waals surface area (Å²) in [6, 6.07) is 7.88. The number of hydrogen-bond donors (Lipinski definition) is 3. The first-order valence-electron chi connectivity index (χ1n) is 8.76. The highest BCUT2D eigenvalue weighted by Crippen LogP contribution is 2.25. The minimum absolute atomic E-state index is 0.717. The van der Waals surface area contributed by atoms with E-state index in [1.54, 1.807) is 12.4 Å². The zero-order valence-electron chi connectivity index (χ0n) is 16.7. The number of aryl methyl sites for hydroxylation is 2. The van der Waals surface area contributed by atoms with Crippen LogP contribution in [-0.2, 0) is 4.79 Å². The molecule has 0 fully saturated rings. The number of pyridine rings is 2. The normalized spacial score (nSPS) is 9.32. The van der Waals surface area contributed by atoms with E-state index in [4.69, 9.17) is 4.79 Å². The van der Waals surface area contributed by atoms with Crippen molar-refractivity contribution in [3.8, 4) is 11.1 Å².